The van der Waals surface area contributed by atoms with E-state index in [-0.39, 0.29) is 16.7 Å². The van der Waals surface area contributed by atoms with Crippen molar-refractivity contribution in [3.05, 3.63) is 75.4 Å². The van der Waals surface area contributed by atoms with Crippen LogP contribution in [0.2, 0.25) is 0 Å². The molecule has 0 aliphatic heterocycles. The zero-order chi connectivity index (χ0) is 19.0. The van der Waals surface area contributed by atoms with Gasteiger partial charge >= 0.3 is 11.6 Å². The number of ether oxygens (including phenoxy) is 1. The molecule has 26 heavy (non-hydrogen) atoms. The molecule has 0 radical (unpaired) electrons. The van der Waals surface area contributed by atoms with Crippen molar-refractivity contribution in [2.75, 3.05) is 0 Å². The van der Waals surface area contributed by atoms with Gasteiger partial charge in [0.25, 0.3) is 0 Å². The molecule has 0 saturated carbocycles. The van der Waals surface area contributed by atoms with Crippen molar-refractivity contribution in [3.8, 4) is 5.75 Å². The number of fused-ring (bicyclic) bond motifs is 1. The lowest BCUT2D eigenvalue weighted by Gasteiger charge is -2.07. The van der Waals surface area contributed by atoms with E-state index in [4.69, 9.17) is 9.15 Å². The van der Waals surface area contributed by atoms with Crippen molar-refractivity contribution in [1.29, 1.82) is 0 Å². The molecule has 2 aromatic carbocycles. The fourth-order valence-corrected chi connectivity index (χ4v) is 2.14. The third-order valence-corrected chi connectivity index (χ3v) is 3.39. The highest BCUT2D eigenvalue weighted by Gasteiger charge is 2.20. The predicted molar refractivity (Wildman–Crippen MR) is 78.1 cm³/mol. The molecule has 0 aliphatic carbocycles. The van der Waals surface area contributed by atoms with Crippen LogP contribution < -0.4 is 15.5 Å². The first-order chi connectivity index (χ1) is 12.3. The van der Waals surface area contributed by atoms with Gasteiger partial charge in [0.2, 0.25) is 0 Å². The standard InChI is InChI=1S/C17H7F3O6/c18-11-4-3-9(13(19)14(11)20)16(23)25-8-2-1-7-5-10(15(21)22)17(24)26-12(7)6-8/h1-6H,(H,21,22)/p-1. The van der Waals surface area contributed by atoms with Crippen LogP contribution in [-0.2, 0) is 0 Å². The van der Waals surface area contributed by atoms with Crippen molar-refractivity contribution in [2.24, 2.45) is 0 Å². The second-order valence-electron chi connectivity index (χ2n) is 5.05. The maximum atomic E-state index is 13.6. The molecule has 0 saturated heterocycles. The topological polar surface area (TPSA) is 96.6 Å². The largest absolute Gasteiger partial charge is 0.545 e. The maximum absolute atomic E-state index is 13.6. The minimum atomic E-state index is -1.82. The second kappa shape index (κ2) is 6.36. The van der Waals surface area contributed by atoms with E-state index in [2.05, 4.69) is 0 Å². The van der Waals surface area contributed by atoms with Crippen LogP contribution in [0, 0.1) is 17.5 Å². The molecule has 0 N–H and O–H groups in total. The number of hydrogen-bond acceptors (Lipinski definition) is 6. The molecule has 9 heteroatoms. The normalized spacial score (nSPS) is 10.7. The van der Waals surface area contributed by atoms with E-state index >= 15 is 0 Å². The van der Waals surface area contributed by atoms with Crippen molar-refractivity contribution in [3.63, 3.8) is 0 Å². The van der Waals surface area contributed by atoms with E-state index in [1.807, 2.05) is 0 Å². The van der Waals surface area contributed by atoms with E-state index < -0.39 is 46.1 Å². The summed E-state index contributed by atoms with van der Waals surface area (Å²) >= 11 is 0. The smallest absolute Gasteiger partial charge is 0.346 e. The molecule has 0 atom stereocenters. The molecule has 132 valence electrons. The maximum Gasteiger partial charge on any atom is 0.346 e. The van der Waals surface area contributed by atoms with Gasteiger partial charge in [0, 0.05) is 11.5 Å². The molecule has 0 bridgehead atoms. The van der Waals surface area contributed by atoms with Crippen LogP contribution in [0.4, 0.5) is 13.2 Å². The Morgan fingerprint density at radius 1 is 0.962 bits per heavy atom. The van der Waals surface area contributed by atoms with Crippen LogP contribution in [-0.4, -0.2) is 11.9 Å². The first-order valence-corrected chi connectivity index (χ1v) is 6.93. The Labute approximate surface area is 142 Å². The van der Waals surface area contributed by atoms with Gasteiger partial charge in [-0.1, -0.05) is 0 Å². The van der Waals surface area contributed by atoms with Crippen LogP contribution in [0.1, 0.15) is 20.7 Å². The molecule has 0 aliphatic rings. The summed E-state index contributed by atoms with van der Waals surface area (Å²) in [5.41, 5.74) is -2.81. The quantitative estimate of drug-likeness (QED) is 0.305. The van der Waals surface area contributed by atoms with E-state index in [1.54, 1.807) is 0 Å². The van der Waals surface area contributed by atoms with E-state index in [9.17, 15) is 32.7 Å². The highest BCUT2D eigenvalue weighted by Crippen LogP contribution is 2.23. The molecule has 0 amide bonds. The number of halogens is 3. The molecule has 0 spiro atoms. The van der Waals surface area contributed by atoms with Crippen LogP contribution in [0.15, 0.2) is 45.6 Å². The number of rotatable bonds is 3. The molecule has 0 unspecified atom stereocenters. The Bertz CT molecular complexity index is 1120. The number of esters is 1. The zero-order valence-corrected chi connectivity index (χ0v) is 12.5. The van der Waals surface area contributed by atoms with Gasteiger partial charge in [-0.15, -0.1) is 0 Å². The number of carbonyl (C=O) groups is 2. The number of carboxylic acids is 1. The monoisotopic (exact) mass is 363 g/mol. The summed E-state index contributed by atoms with van der Waals surface area (Å²) in [6.07, 6.45) is 0. The number of benzene rings is 2. The molecule has 3 rings (SSSR count). The first kappa shape index (κ1) is 17.2. The molecule has 0 fully saturated rings. The van der Waals surface area contributed by atoms with Gasteiger partial charge in [-0.25, -0.2) is 22.8 Å². The van der Waals surface area contributed by atoms with Gasteiger partial charge in [0.15, 0.2) is 17.5 Å². The summed E-state index contributed by atoms with van der Waals surface area (Å²) in [7, 11) is 0. The van der Waals surface area contributed by atoms with Crippen molar-refractivity contribution >= 4 is 22.9 Å². The average molecular weight is 363 g/mol. The summed E-state index contributed by atoms with van der Waals surface area (Å²) in [4.78, 5) is 34.2. The van der Waals surface area contributed by atoms with E-state index in [1.165, 1.54) is 12.1 Å². The summed E-state index contributed by atoms with van der Waals surface area (Å²) in [5.74, 6) is -8.22. The molecule has 1 heterocycles. The number of aromatic carboxylic acids is 1. The number of carboxylic acid groups (broad SMARTS) is 1. The van der Waals surface area contributed by atoms with Crippen molar-refractivity contribution in [1.82, 2.24) is 0 Å². The lowest BCUT2D eigenvalue weighted by molar-refractivity contribution is -0.255. The highest BCUT2D eigenvalue weighted by molar-refractivity contribution is 5.93. The lowest BCUT2D eigenvalue weighted by Crippen LogP contribution is -2.28. The van der Waals surface area contributed by atoms with E-state index in [0.717, 1.165) is 12.1 Å². The summed E-state index contributed by atoms with van der Waals surface area (Å²) in [6.45, 7) is 0. The minimum absolute atomic E-state index is 0.115. The summed E-state index contributed by atoms with van der Waals surface area (Å²) in [6, 6.07) is 5.84. The van der Waals surface area contributed by atoms with Gasteiger partial charge in [0.1, 0.15) is 11.3 Å². The Balaban J connectivity index is 1.95. The van der Waals surface area contributed by atoms with Crippen molar-refractivity contribution < 1.29 is 37.0 Å². The lowest BCUT2D eigenvalue weighted by atomic mass is 10.1. The zero-order valence-electron chi connectivity index (χ0n) is 12.5. The van der Waals surface area contributed by atoms with Gasteiger partial charge in [-0.2, -0.15) is 0 Å². The first-order valence-electron chi connectivity index (χ1n) is 6.93. The van der Waals surface area contributed by atoms with Crippen molar-refractivity contribution in [2.45, 2.75) is 0 Å². The fourth-order valence-electron chi connectivity index (χ4n) is 2.14. The average Bonchev–Trinajstić information content (AvgIpc) is 2.58. The van der Waals surface area contributed by atoms with Crippen LogP contribution in [0.5, 0.6) is 5.75 Å². The fraction of sp³-hybridized carbons (Fsp3) is 0. The Morgan fingerprint density at radius 2 is 1.69 bits per heavy atom. The molecule has 3 aromatic rings. The second-order valence-corrected chi connectivity index (χ2v) is 5.05. The number of carbonyl (C=O) groups excluding carboxylic acids is 2. The molecule has 6 nitrogen and oxygen atoms in total. The summed E-state index contributed by atoms with van der Waals surface area (Å²) < 4.78 is 49.3. The van der Waals surface area contributed by atoms with Crippen LogP contribution in [0.25, 0.3) is 11.0 Å². The van der Waals surface area contributed by atoms with Gasteiger partial charge in [0.05, 0.1) is 17.1 Å². The SMILES string of the molecule is O=C(Oc1ccc2cc(C(=O)[O-])c(=O)oc2c1)c1ccc(F)c(F)c1F. The third-order valence-electron chi connectivity index (χ3n) is 3.39. The van der Waals surface area contributed by atoms with Crippen LogP contribution >= 0.6 is 0 Å². The third kappa shape index (κ3) is 3.02. The molecule has 1 aromatic heterocycles. The van der Waals surface area contributed by atoms with Gasteiger partial charge < -0.3 is 19.1 Å². The van der Waals surface area contributed by atoms with Gasteiger partial charge in [-0.3, -0.25) is 0 Å². The minimum Gasteiger partial charge on any atom is -0.545 e. The number of hydrogen-bond donors (Lipinski definition) is 0. The molecular weight excluding hydrogens is 357 g/mol. The Morgan fingerprint density at radius 3 is 2.38 bits per heavy atom. The van der Waals surface area contributed by atoms with E-state index in [0.29, 0.717) is 12.1 Å². The Hall–Kier alpha value is -3.62. The highest BCUT2D eigenvalue weighted by atomic mass is 19.2. The van der Waals surface area contributed by atoms with Gasteiger partial charge in [-0.05, 0) is 30.3 Å². The Kier molecular flexibility index (Phi) is 4.21. The van der Waals surface area contributed by atoms with Crippen LogP contribution in [0.3, 0.4) is 0 Å². The summed E-state index contributed by atoms with van der Waals surface area (Å²) in [5, 5.41) is 11.0. The predicted octanol–water partition coefficient (Wildman–Crippen LogP) is 1.79. The molecular formula is C17H6F3O6-.